The van der Waals surface area contributed by atoms with Crippen molar-refractivity contribution in [1.29, 1.82) is 0 Å². The van der Waals surface area contributed by atoms with Crippen LogP contribution in [0.2, 0.25) is 0 Å². The van der Waals surface area contributed by atoms with E-state index >= 15 is 0 Å². The molecule has 4 rings (SSSR count). The van der Waals surface area contributed by atoms with E-state index < -0.39 is 6.04 Å². The van der Waals surface area contributed by atoms with Gasteiger partial charge >= 0.3 is 0 Å². The predicted molar refractivity (Wildman–Crippen MR) is 72.2 cm³/mol. The second-order valence-electron chi connectivity index (χ2n) is 5.34. The van der Waals surface area contributed by atoms with E-state index in [1.54, 1.807) is 4.90 Å². The Morgan fingerprint density at radius 3 is 2.85 bits per heavy atom. The maximum Gasteiger partial charge on any atom is 0.260 e. The maximum atomic E-state index is 12.2. The Bertz CT molecular complexity index is 736. The fourth-order valence-corrected chi connectivity index (χ4v) is 3.20. The van der Waals surface area contributed by atoms with E-state index in [0.29, 0.717) is 13.0 Å². The standard InChI is InChI=1S/C14H14N4O2/c15-18-7-13(19)17-6-11-9(5-12(17)14(18)20)8-3-1-2-4-10(8)16-11/h1-4,12,16H,5-7,15H2/t12-/m1/s1. The molecule has 2 aliphatic rings. The number of nitrogens with two attached hydrogens (primary N) is 1. The molecule has 1 atom stereocenters. The van der Waals surface area contributed by atoms with Gasteiger partial charge < -0.3 is 9.88 Å². The van der Waals surface area contributed by atoms with E-state index in [0.717, 1.165) is 27.2 Å². The van der Waals surface area contributed by atoms with E-state index in [2.05, 4.69) is 4.98 Å². The summed E-state index contributed by atoms with van der Waals surface area (Å²) in [5.41, 5.74) is 3.19. The van der Waals surface area contributed by atoms with Gasteiger partial charge in [-0.3, -0.25) is 14.6 Å². The Labute approximate surface area is 115 Å². The third-order valence-corrected chi connectivity index (χ3v) is 4.20. The summed E-state index contributed by atoms with van der Waals surface area (Å²) in [5, 5.41) is 2.15. The third kappa shape index (κ3) is 1.42. The Kier molecular flexibility index (Phi) is 2.20. The summed E-state index contributed by atoms with van der Waals surface area (Å²) < 4.78 is 0. The highest BCUT2D eigenvalue weighted by molar-refractivity contribution is 5.96. The smallest absolute Gasteiger partial charge is 0.260 e. The lowest BCUT2D eigenvalue weighted by molar-refractivity contribution is -0.157. The first-order valence-electron chi connectivity index (χ1n) is 6.59. The molecule has 2 amide bonds. The first kappa shape index (κ1) is 11.5. The number of para-hydroxylation sites is 1. The summed E-state index contributed by atoms with van der Waals surface area (Å²) in [6.45, 7) is 0.415. The molecule has 6 nitrogen and oxygen atoms in total. The molecule has 0 unspecified atom stereocenters. The van der Waals surface area contributed by atoms with Gasteiger partial charge in [0.05, 0.1) is 6.54 Å². The summed E-state index contributed by atoms with van der Waals surface area (Å²) in [7, 11) is 0. The van der Waals surface area contributed by atoms with Crippen molar-refractivity contribution in [2.75, 3.05) is 6.54 Å². The summed E-state index contributed by atoms with van der Waals surface area (Å²) in [5.74, 6) is 5.34. The molecule has 2 aliphatic heterocycles. The van der Waals surface area contributed by atoms with Crippen LogP contribution in [0.3, 0.4) is 0 Å². The number of hydrazine groups is 1. The molecule has 6 heteroatoms. The van der Waals surface area contributed by atoms with E-state index in [4.69, 9.17) is 5.84 Å². The number of aromatic amines is 1. The second kappa shape index (κ2) is 3.83. The molecule has 1 aromatic carbocycles. The zero-order chi connectivity index (χ0) is 13.9. The molecule has 0 bridgehead atoms. The summed E-state index contributed by atoms with van der Waals surface area (Å²) in [4.78, 5) is 29.2. The summed E-state index contributed by atoms with van der Waals surface area (Å²) in [6.07, 6.45) is 0.525. The van der Waals surface area contributed by atoms with Gasteiger partial charge in [-0.05, 0) is 11.6 Å². The predicted octanol–water partition coefficient (Wildman–Crippen LogP) is 0.137. The molecular formula is C14H14N4O2. The van der Waals surface area contributed by atoms with E-state index in [1.807, 2.05) is 24.3 Å². The van der Waals surface area contributed by atoms with Gasteiger partial charge in [0.15, 0.2) is 0 Å². The van der Waals surface area contributed by atoms with Crippen LogP contribution in [0.4, 0.5) is 0 Å². The number of amides is 2. The van der Waals surface area contributed by atoms with Crippen LogP contribution < -0.4 is 5.84 Å². The molecule has 2 aromatic rings. The van der Waals surface area contributed by atoms with Gasteiger partial charge in [0.2, 0.25) is 5.91 Å². The largest absolute Gasteiger partial charge is 0.357 e. The number of hydrogen-bond acceptors (Lipinski definition) is 3. The number of fused-ring (bicyclic) bond motifs is 4. The third-order valence-electron chi connectivity index (χ3n) is 4.20. The van der Waals surface area contributed by atoms with Gasteiger partial charge in [0.25, 0.3) is 5.91 Å². The van der Waals surface area contributed by atoms with E-state index in [-0.39, 0.29) is 18.4 Å². The van der Waals surface area contributed by atoms with E-state index in [9.17, 15) is 9.59 Å². The van der Waals surface area contributed by atoms with Crippen LogP contribution in [0.1, 0.15) is 11.3 Å². The first-order valence-corrected chi connectivity index (χ1v) is 6.59. The SMILES string of the molecule is NN1CC(=O)N2Cc3[nH]c4ccccc4c3C[C@@H]2C1=O. The van der Waals surface area contributed by atoms with Crippen molar-refractivity contribution in [3.63, 3.8) is 0 Å². The number of carbonyl (C=O) groups excluding carboxylic acids is 2. The number of nitrogens with one attached hydrogen (secondary N) is 1. The van der Waals surface area contributed by atoms with Crippen molar-refractivity contribution in [2.45, 2.75) is 19.0 Å². The van der Waals surface area contributed by atoms with Gasteiger partial charge in [-0.15, -0.1) is 0 Å². The number of nitrogens with zero attached hydrogens (tertiary/aromatic N) is 2. The number of carbonyl (C=O) groups is 2. The van der Waals surface area contributed by atoms with Gasteiger partial charge in [-0.1, -0.05) is 18.2 Å². The Morgan fingerprint density at radius 1 is 1.20 bits per heavy atom. The van der Waals surface area contributed by atoms with Crippen LogP contribution in [0.15, 0.2) is 24.3 Å². The average Bonchev–Trinajstić information content (AvgIpc) is 2.81. The number of benzene rings is 1. The van der Waals surface area contributed by atoms with Gasteiger partial charge in [-0.2, -0.15) is 0 Å². The molecule has 1 saturated heterocycles. The lowest BCUT2D eigenvalue weighted by Crippen LogP contribution is -2.63. The molecule has 0 saturated carbocycles. The topological polar surface area (TPSA) is 82.4 Å². The lowest BCUT2D eigenvalue weighted by atomic mass is 9.94. The van der Waals surface area contributed by atoms with Crippen LogP contribution >= 0.6 is 0 Å². The molecule has 3 heterocycles. The number of piperazine rings is 1. The van der Waals surface area contributed by atoms with Gasteiger partial charge in [0.1, 0.15) is 12.6 Å². The second-order valence-corrected chi connectivity index (χ2v) is 5.34. The van der Waals surface area contributed by atoms with Crippen molar-refractivity contribution in [2.24, 2.45) is 5.84 Å². The number of hydrogen-bond donors (Lipinski definition) is 2. The quantitative estimate of drug-likeness (QED) is 0.527. The molecule has 1 fully saturated rings. The molecule has 3 N–H and O–H groups in total. The van der Waals surface area contributed by atoms with Crippen LogP contribution in [0, 0.1) is 0 Å². The summed E-state index contributed by atoms with van der Waals surface area (Å²) in [6, 6.07) is 7.52. The van der Waals surface area contributed by atoms with E-state index in [1.165, 1.54) is 0 Å². The number of aromatic nitrogens is 1. The fraction of sp³-hybridized carbons (Fsp3) is 0.286. The Morgan fingerprint density at radius 2 is 2.00 bits per heavy atom. The maximum absolute atomic E-state index is 12.2. The first-order chi connectivity index (χ1) is 9.65. The van der Waals surface area contributed by atoms with Crippen molar-refractivity contribution in [1.82, 2.24) is 14.9 Å². The lowest BCUT2D eigenvalue weighted by Gasteiger charge is -2.40. The normalized spacial score (nSPS) is 22.1. The monoisotopic (exact) mass is 270 g/mol. The molecule has 0 spiro atoms. The van der Waals surface area contributed by atoms with Crippen molar-refractivity contribution >= 4 is 22.7 Å². The molecule has 0 aliphatic carbocycles. The molecule has 1 aromatic heterocycles. The minimum atomic E-state index is -0.465. The molecule has 20 heavy (non-hydrogen) atoms. The minimum Gasteiger partial charge on any atom is -0.357 e. The van der Waals surface area contributed by atoms with Gasteiger partial charge in [0, 0.05) is 23.0 Å². The van der Waals surface area contributed by atoms with Crippen molar-refractivity contribution < 1.29 is 9.59 Å². The van der Waals surface area contributed by atoms with Crippen LogP contribution in [0.5, 0.6) is 0 Å². The fourth-order valence-electron chi connectivity index (χ4n) is 3.20. The average molecular weight is 270 g/mol. The number of rotatable bonds is 0. The molecular weight excluding hydrogens is 256 g/mol. The Balaban J connectivity index is 1.84. The Hall–Kier alpha value is -2.34. The number of H-pyrrole nitrogens is 1. The highest BCUT2D eigenvalue weighted by Gasteiger charge is 2.42. The van der Waals surface area contributed by atoms with Gasteiger partial charge in [-0.25, -0.2) is 5.84 Å². The van der Waals surface area contributed by atoms with Crippen LogP contribution in [-0.4, -0.2) is 39.3 Å². The highest BCUT2D eigenvalue weighted by atomic mass is 16.2. The molecule has 102 valence electrons. The van der Waals surface area contributed by atoms with Crippen molar-refractivity contribution in [3.8, 4) is 0 Å². The molecule has 0 radical (unpaired) electrons. The zero-order valence-electron chi connectivity index (χ0n) is 10.8. The van der Waals surface area contributed by atoms with Crippen molar-refractivity contribution in [3.05, 3.63) is 35.5 Å². The zero-order valence-corrected chi connectivity index (χ0v) is 10.8. The summed E-state index contributed by atoms with van der Waals surface area (Å²) >= 11 is 0. The van der Waals surface area contributed by atoms with Crippen LogP contribution in [-0.2, 0) is 22.6 Å². The van der Waals surface area contributed by atoms with Crippen LogP contribution in [0.25, 0.3) is 10.9 Å². The highest BCUT2D eigenvalue weighted by Crippen LogP contribution is 2.31. The minimum absolute atomic E-state index is 0.0368.